The number of rotatable bonds is 8. The standard InChI is InChI=1S/C21H31N3O3/c1-16(2)15-23(3)20(25)14-18-21(26)22-11-13-24(18)12-7-9-17-8-5-6-10-19(17)27-4/h5-10,16,18H,11-15H2,1-4H3,(H,22,26)/b9-7+/t18-/m0/s1. The molecule has 0 aromatic heterocycles. The number of benzene rings is 1. The predicted molar refractivity (Wildman–Crippen MR) is 107 cm³/mol. The normalized spacial score (nSPS) is 18.0. The van der Waals surface area contributed by atoms with Crippen molar-refractivity contribution < 1.29 is 14.3 Å². The maximum absolute atomic E-state index is 12.5. The second kappa shape index (κ2) is 10.1. The molecule has 1 aromatic rings. The van der Waals surface area contributed by atoms with Crippen molar-refractivity contribution in [2.24, 2.45) is 5.92 Å². The first-order valence-electron chi connectivity index (χ1n) is 9.47. The molecule has 0 radical (unpaired) electrons. The maximum atomic E-state index is 12.5. The first-order chi connectivity index (χ1) is 12.9. The van der Waals surface area contributed by atoms with Crippen LogP contribution in [-0.4, -0.2) is 68.0 Å². The zero-order chi connectivity index (χ0) is 19.8. The van der Waals surface area contributed by atoms with Crippen molar-refractivity contribution in [3.63, 3.8) is 0 Å². The highest BCUT2D eigenvalue weighted by molar-refractivity contribution is 5.88. The van der Waals surface area contributed by atoms with Crippen LogP contribution in [0.15, 0.2) is 30.3 Å². The number of carbonyl (C=O) groups is 2. The number of methoxy groups -OCH3 is 1. The minimum Gasteiger partial charge on any atom is -0.496 e. The molecule has 0 bridgehead atoms. The minimum atomic E-state index is -0.428. The molecule has 1 fully saturated rings. The van der Waals surface area contributed by atoms with Gasteiger partial charge in [-0.2, -0.15) is 0 Å². The highest BCUT2D eigenvalue weighted by Gasteiger charge is 2.31. The van der Waals surface area contributed by atoms with Gasteiger partial charge in [0.2, 0.25) is 11.8 Å². The summed E-state index contributed by atoms with van der Waals surface area (Å²) in [7, 11) is 3.45. The number of carbonyl (C=O) groups excluding carboxylic acids is 2. The average molecular weight is 373 g/mol. The molecule has 27 heavy (non-hydrogen) atoms. The fourth-order valence-electron chi connectivity index (χ4n) is 3.29. The number of para-hydroxylation sites is 1. The van der Waals surface area contributed by atoms with Crippen LogP contribution in [0.1, 0.15) is 25.8 Å². The smallest absolute Gasteiger partial charge is 0.237 e. The molecule has 0 spiro atoms. The van der Waals surface area contributed by atoms with Gasteiger partial charge in [0.25, 0.3) is 0 Å². The molecule has 1 heterocycles. The Labute approximate surface area is 162 Å². The molecule has 0 unspecified atom stereocenters. The number of nitrogens with zero attached hydrogens (tertiary/aromatic N) is 2. The van der Waals surface area contributed by atoms with Gasteiger partial charge in [-0.3, -0.25) is 14.5 Å². The van der Waals surface area contributed by atoms with Crippen molar-refractivity contribution in [3.8, 4) is 5.75 Å². The van der Waals surface area contributed by atoms with E-state index in [2.05, 4.69) is 24.1 Å². The molecule has 2 rings (SSSR count). The molecule has 2 amide bonds. The number of piperazine rings is 1. The Morgan fingerprint density at radius 1 is 1.41 bits per heavy atom. The third-order valence-electron chi connectivity index (χ3n) is 4.65. The lowest BCUT2D eigenvalue weighted by Crippen LogP contribution is -2.56. The zero-order valence-electron chi connectivity index (χ0n) is 16.8. The van der Waals surface area contributed by atoms with Gasteiger partial charge in [-0.25, -0.2) is 0 Å². The van der Waals surface area contributed by atoms with Crippen molar-refractivity contribution in [1.82, 2.24) is 15.1 Å². The van der Waals surface area contributed by atoms with Gasteiger partial charge in [-0.1, -0.05) is 44.2 Å². The zero-order valence-corrected chi connectivity index (χ0v) is 16.8. The molecule has 1 N–H and O–H groups in total. The maximum Gasteiger partial charge on any atom is 0.237 e. The molecule has 6 nitrogen and oxygen atoms in total. The van der Waals surface area contributed by atoms with E-state index in [9.17, 15) is 9.59 Å². The summed E-state index contributed by atoms with van der Waals surface area (Å²) in [5.74, 6) is 1.15. The number of nitrogens with one attached hydrogen (secondary N) is 1. The Kier molecular flexibility index (Phi) is 7.85. The molecule has 1 aromatic carbocycles. The van der Waals surface area contributed by atoms with Crippen LogP contribution >= 0.6 is 0 Å². The Morgan fingerprint density at radius 3 is 2.85 bits per heavy atom. The van der Waals surface area contributed by atoms with E-state index in [1.165, 1.54) is 0 Å². The van der Waals surface area contributed by atoms with E-state index in [-0.39, 0.29) is 18.2 Å². The lowest BCUT2D eigenvalue weighted by molar-refractivity contribution is -0.138. The number of ether oxygens (including phenoxy) is 1. The van der Waals surface area contributed by atoms with Gasteiger partial charge < -0.3 is 15.0 Å². The topological polar surface area (TPSA) is 61.9 Å². The van der Waals surface area contributed by atoms with Gasteiger partial charge in [-0.05, 0) is 12.0 Å². The molecule has 1 saturated heterocycles. The monoisotopic (exact) mass is 373 g/mol. The molecule has 6 heteroatoms. The Bertz CT molecular complexity index is 672. The molecule has 0 aliphatic carbocycles. The van der Waals surface area contributed by atoms with E-state index in [1.807, 2.05) is 36.4 Å². The van der Waals surface area contributed by atoms with Crippen molar-refractivity contribution >= 4 is 17.9 Å². The highest BCUT2D eigenvalue weighted by atomic mass is 16.5. The highest BCUT2D eigenvalue weighted by Crippen LogP contribution is 2.19. The largest absolute Gasteiger partial charge is 0.496 e. The second-order valence-corrected chi connectivity index (χ2v) is 7.32. The third-order valence-corrected chi connectivity index (χ3v) is 4.65. The van der Waals surface area contributed by atoms with Crippen molar-refractivity contribution in [2.75, 3.05) is 40.3 Å². The lowest BCUT2D eigenvalue weighted by Gasteiger charge is -2.34. The Balaban J connectivity index is 2.01. The Hall–Kier alpha value is -2.34. The number of hydrogen-bond donors (Lipinski definition) is 1. The second-order valence-electron chi connectivity index (χ2n) is 7.32. The quantitative estimate of drug-likeness (QED) is 0.757. The minimum absolute atomic E-state index is 0.00413. The summed E-state index contributed by atoms with van der Waals surface area (Å²) < 4.78 is 5.36. The summed E-state index contributed by atoms with van der Waals surface area (Å²) in [5.41, 5.74) is 0.991. The van der Waals surface area contributed by atoms with E-state index < -0.39 is 6.04 Å². The van der Waals surface area contributed by atoms with Gasteiger partial charge in [-0.15, -0.1) is 0 Å². The molecule has 1 aliphatic rings. The van der Waals surface area contributed by atoms with Crippen LogP contribution in [0.4, 0.5) is 0 Å². The molecular formula is C21H31N3O3. The van der Waals surface area contributed by atoms with Crippen LogP contribution in [-0.2, 0) is 9.59 Å². The average Bonchev–Trinajstić information content (AvgIpc) is 2.64. The molecule has 0 saturated carbocycles. The van der Waals surface area contributed by atoms with E-state index in [0.29, 0.717) is 25.6 Å². The first-order valence-corrected chi connectivity index (χ1v) is 9.47. The van der Waals surface area contributed by atoms with E-state index in [0.717, 1.165) is 17.9 Å². The first kappa shape index (κ1) is 21.0. The summed E-state index contributed by atoms with van der Waals surface area (Å²) in [5, 5.41) is 2.88. The van der Waals surface area contributed by atoms with Crippen molar-refractivity contribution in [2.45, 2.75) is 26.3 Å². The summed E-state index contributed by atoms with van der Waals surface area (Å²) >= 11 is 0. The number of hydrogen-bond acceptors (Lipinski definition) is 4. The van der Waals surface area contributed by atoms with Crippen molar-refractivity contribution in [3.05, 3.63) is 35.9 Å². The van der Waals surface area contributed by atoms with E-state index in [4.69, 9.17) is 4.74 Å². The lowest BCUT2D eigenvalue weighted by atomic mass is 10.1. The Morgan fingerprint density at radius 2 is 2.15 bits per heavy atom. The molecule has 1 aliphatic heterocycles. The summed E-state index contributed by atoms with van der Waals surface area (Å²) in [6.07, 6.45) is 4.22. The van der Waals surface area contributed by atoms with Crippen molar-refractivity contribution in [1.29, 1.82) is 0 Å². The summed E-state index contributed by atoms with van der Waals surface area (Å²) in [6.45, 7) is 6.79. The van der Waals surface area contributed by atoms with E-state index in [1.54, 1.807) is 19.1 Å². The third kappa shape index (κ3) is 6.10. The fraction of sp³-hybridized carbons (Fsp3) is 0.524. The summed E-state index contributed by atoms with van der Waals surface area (Å²) in [6, 6.07) is 7.37. The van der Waals surface area contributed by atoms with Crippen LogP contribution in [0, 0.1) is 5.92 Å². The van der Waals surface area contributed by atoms with E-state index >= 15 is 0 Å². The summed E-state index contributed by atoms with van der Waals surface area (Å²) in [4.78, 5) is 28.6. The molecule has 1 atom stereocenters. The van der Waals surface area contributed by atoms with Gasteiger partial charge in [0.15, 0.2) is 0 Å². The predicted octanol–water partition coefficient (Wildman–Crippen LogP) is 2.01. The van der Waals surface area contributed by atoms with Gasteiger partial charge in [0.1, 0.15) is 5.75 Å². The van der Waals surface area contributed by atoms with Crippen LogP contribution in [0.2, 0.25) is 0 Å². The number of amides is 2. The van der Waals surface area contributed by atoms with Crippen LogP contribution in [0.25, 0.3) is 6.08 Å². The molecule has 148 valence electrons. The van der Waals surface area contributed by atoms with Crippen LogP contribution in [0.3, 0.4) is 0 Å². The van der Waals surface area contributed by atoms with Gasteiger partial charge in [0.05, 0.1) is 19.6 Å². The van der Waals surface area contributed by atoms with Crippen LogP contribution < -0.4 is 10.1 Å². The van der Waals surface area contributed by atoms with Crippen LogP contribution in [0.5, 0.6) is 5.75 Å². The van der Waals surface area contributed by atoms with Gasteiger partial charge >= 0.3 is 0 Å². The van der Waals surface area contributed by atoms with Gasteiger partial charge in [0, 0.05) is 38.8 Å². The SMILES string of the molecule is COc1ccccc1/C=C/CN1CCNC(=O)[C@@H]1CC(=O)N(C)CC(C)C. The fourth-order valence-corrected chi connectivity index (χ4v) is 3.29. The molecular weight excluding hydrogens is 342 g/mol.